The molecule has 0 bridgehead atoms. The van der Waals surface area contributed by atoms with E-state index in [4.69, 9.17) is 0 Å². The Kier molecular flexibility index (Phi) is 4.48. The van der Waals surface area contributed by atoms with Crippen LogP contribution in [-0.4, -0.2) is 26.2 Å². The molecule has 0 aromatic heterocycles. The van der Waals surface area contributed by atoms with E-state index in [0.717, 1.165) is 0 Å². The van der Waals surface area contributed by atoms with Crippen LogP contribution in [0.1, 0.15) is 58.8 Å². The molecule has 2 heteroatoms. The van der Waals surface area contributed by atoms with Gasteiger partial charge in [0.05, 0.1) is 0 Å². The van der Waals surface area contributed by atoms with Gasteiger partial charge in [0.25, 0.3) is 0 Å². The normalized spacial score (nSPS) is 33.5. The minimum atomic E-state index is 0.489. The summed E-state index contributed by atoms with van der Waals surface area (Å²) < 4.78 is 0. The Hall–Kier alpha value is -0.0800. The monoisotopic (exact) mass is 238 g/mol. The van der Waals surface area contributed by atoms with E-state index in [1.54, 1.807) is 0 Å². The van der Waals surface area contributed by atoms with Crippen molar-refractivity contribution in [2.24, 2.45) is 10.8 Å². The minimum absolute atomic E-state index is 0.489. The number of piperidine rings is 1. The standard InChI is InChI=1S/C15H30N2/c1-14(7-4-3-5-8-14)11-17-13-15(2)9-6-10-16-12-15/h16-17H,3-13H2,1-2H3. The maximum absolute atomic E-state index is 3.77. The molecular weight excluding hydrogens is 208 g/mol. The van der Waals surface area contributed by atoms with Gasteiger partial charge in [0.1, 0.15) is 0 Å². The number of nitrogens with one attached hydrogen (secondary N) is 2. The van der Waals surface area contributed by atoms with Crippen LogP contribution in [0.25, 0.3) is 0 Å². The molecular formula is C15H30N2. The van der Waals surface area contributed by atoms with Crippen LogP contribution < -0.4 is 10.6 Å². The Morgan fingerprint density at radius 1 is 0.882 bits per heavy atom. The lowest BCUT2D eigenvalue weighted by atomic mass is 9.75. The molecule has 100 valence electrons. The maximum atomic E-state index is 3.77. The van der Waals surface area contributed by atoms with Gasteiger partial charge in [-0.05, 0) is 43.1 Å². The second-order valence-electron chi connectivity index (χ2n) is 7.07. The van der Waals surface area contributed by atoms with E-state index < -0.39 is 0 Å². The zero-order valence-corrected chi connectivity index (χ0v) is 11.8. The van der Waals surface area contributed by atoms with Crippen LogP contribution in [0.2, 0.25) is 0 Å². The van der Waals surface area contributed by atoms with Crippen molar-refractivity contribution in [2.75, 3.05) is 26.2 Å². The molecule has 2 nitrogen and oxygen atoms in total. The Bertz CT molecular complexity index is 201. The van der Waals surface area contributed by atoms with Crippen molar-refractivity contribution in [1.29, 1.82) is 0 Å². The van der Waals surface area contributed by atoms with E-state index in [-0.39, 0.29) is 0 Å². The Balaban J connectivity index is 1.70. The molecule has 1 aliphatic carbocycles. The first-order valence-electron chi connectivity index (χ1n) is 7.54. The Morgan fingerprint density at radius 2 is 1.53 bits per heavy atom. The second kappa shape index (κ2) is 5.71. The van der Waals surface area contributed by atoms with Gasteiger partial charge >= 0.3 is 0 Å². The summed E-state index contributed by atoms with van der Waals surface area (Å²) in [5.41, 5.74) is 1.07. The molecule has 2 N–H and O–H groups in total. The average Bonchev–Trinajstić information content (AvgIpc) is 2.30. The molecule has 2 aliphatic rings. The highest BCUT2D eigenvalue weighted by molar-refractivity contribution is 4.86. The van der Waals surface area contributed by atoms with Gasteiger partial charge in [-0.2, -0.15) is 0 Å². The van der Waals surface area contributed by atoms with Crippen molar-refractivity contribution in [3.8, 4) is 0 Å². The highest BCUT2D eigenvalue weighted by Crippen LogP contribution is 2.35. The molecule has 0 aromatic rings. The fourth-order valence-electron chi connectivity index (χ4n) is 3.52. The van der Waals surface area contributed by atoms with Crippen LogP contribution in [-0.2, 0) is 0 Å². The molecule has 1 atom stereocenters. The minimum Gasteiger partial charge on any atom is -0.316 e. The highest BCUT2D eigenvalue weighted by atomic mass is 14.9. The van der Waals surface area contributed by atoms with Crippen LogP contribution in [0.4, 0.5) is 0 Å². The van der Waals surface area contributed by atoms with Gasteiger partial charge in [0.2, 0.25) is 0 Å². The lowest BCUT2D eigenvalue weighted by Crippen LogP contribution is -2.46. The van der Waals surface area contributed by atoms with Gasteiger partial charge in [0.15, 0.2) is 0 Å². The van der Waals surface area contributed by atoms with E-state index in [1.807, 2.05) is 0 Å². The number of hydrogen-bond acceptors (Lipinski definition) is 2. The van der Waals surface area contributed by atoms with Gasteiger partial charge in [-0.3, -0.25) is 0 Å². The lowest BCUT2D eigenvalue weighted by molar-refractivity contribution is 0.178. The van der Waals surface area contributed by atoms with Crippen LogP contribution in [0, 0.1) is 10.8 Å². The van der Waals surface area contributed by atoms with Gasteiger partial charge in [-0.1, -0.05) is 33.1 Å². The molecule has 1 saturated carbocycles. The van der Waals surface area contributed by atoms with Gasteiger partial charge in [-0.15, -0.1) is 0 Å². The van der Waals surface area contributed by atoms with Crippen LogP contribution in [0.3, 0.4) is 0 Å². The molecule has 0 radical (unpaired) electrons. The van der Waals surface area contributed by atoms with E-state index in [0.29, 0.717) is 10.8 Å². The first-order chi connectivity index (χ1) is 8.12. The number of rotatable bonds is 4. The molecule has 0 spiro atoms. The largest absolute Gasteiger partial charge is 0.316 e. The van der Waals surface area contributed by atoms with Crippen LogP contribution >= 0.6 is 0 Å². The van der Waals surface area contributed by atoms with E-state index >= 15 is 0 Å². The SMILES string of the molecule is CC1(CNCC2(C)CCCNC2)CCCCC1. The van der Waals surface area contributed by atoms with Crippen LogP contribution in [0.5, 0.6) is 0 Å². The summed E-state index contributed by atoms with van der Waals surface area (Å²) in [7, 11) is 0. The summed E-state index contributed by atoms with van der Waals surface area (Å²) in [6.07, 6.45) is 9.91. The van der Waals surface area contributed by atoms with Crippen molar-refractivity contribution in [2.45, 2.75) is 58.8 Å². The summed E-state index contributed by atoms with van der Waals surface area (Å²) >= 11 is 0. The van der Waals surface area contributed by atoms with Crippen LogP contribution in [0.15, 0.2) is 0 Å². The topological polar surface area (TPSA) is 24.1 Å². The summed E-state index contributed by atoms with van der Waals surface area (Å²) in [4.78, 5) is 0. The molecule has 17 heavy (non-hydrogen) atoms. The Morgan fingerprint density at radius 3 is 2.18 bits per heavy atom. The molecule has 0 aromatic carbocycles. The molecule has 1 unspecified atom stereocenters. The molecule has 1 heterocycles. The Labute approximate surface area is 107 Å². The third-order valence-electron chi connectivity index (χ3n) is 4.85. The lowest BCUT2D eigenvalue weighted by Gasteiger charge is -2.38. The average molecular weight is 238 g/mol. The van der Waals surface area contributed by atoms with Crippen molar-refractivity contribution in [3.63, 3.8) is 0 Å². The molecule has 1 saturated heterocycles. The van der Waals surface area contributed by atoms with Gasteiger partial charge in [-0.25, -0.2) is 0 Å². The first-order valence-corrected chi connectivity index (χ1v) is 7.54. The fourth-order valence-corrected chi connectivity index (χ4v) is 3.52. The van der Waals surface area contributed by atoms with Crippen molar-refractivity contribution >= 4 is 0 Å². The summed E-state index contributed by atoms with van der Waals surface area (Å²) in [5.74, 6) is 0. The molecule has 2 rings (SSSR count). The summed E-state index contributed by atoms with van der Waals surface area (Å²) in [6, 6.07) is 0. The molecule has 2 fully saturated rings. The fraction of sp³-hybridized carbons (Fsp3) is 1.00. The zero-order chi connectivity index (χ0) is 12.2. The molecule has 1 aliphatic heterocycles. The highest BCUT2D eigenvalue weighted by Gasteiger charge is 2.29. The molecule has 0 amide bonds. The summed E-state index contributed by atoms with van der Waals surface area (Å²) in [6.45, 7) is 9.72. The van der Waals surface area contributed by atoms with E-state index in [2.05, 4.69) is 24.5 Å². The quantitative estimate of drug-likeness (QED) is 0.787. The van der Waals surface area contributed by atoms with Crippen molar-refractivity contribution < 1.29 is 0 Å². The second-order valence-corrected chi connectivity index (χ2v) is 7.07. The smallest absolute Gasteiger partial charge is 0.00176 e. The summed E-state index contributed by atoms with van der Waals surface area (Å²) in [5, 5.41) is 7.30. The zero-order valence-electron chi connectivity index (χ0n) is 11.8. The third-order valence-corrected chi connectivity index (χ3v) is 4.85. The van der Waals surface area contributed by atoms with Crippen molar-refractivity contribution in [3.05, 3.63) is 0 Å². The first kappa shape index (κ1) is 13.4. The van der Waals surface area contributed by atoms with E-state index in [1.165, 1.54) is 71.1 Å². The predicted octanol–water partition coefficient (Wildman–Crippen LogP) is 2.94. The predicted molar refractivity (Wildman–Crippen MR) is 74.3 cm³/mol. The van der Waals surface area contributed by atoms with E-state index in [9.17, 15) is 0 Å². The maximum Gasteiger partial charge on any atom is 0.00176 e. The van der Waals surface area contributed by atoms with Crippen molar-refractivity contribution in [1.82, 2.24) is 10.6 Å². The van der Waals surface area contributed by atoms with Gasteiger partial charge in [0, 0.05) is 19.6 Å². The van der Waals surface area contributed by atoms with Gasteiger partial charge < -0.3 is 10.6 Å². The number of hydrogen-bond donors (Lipinski definition) is 2. The third kappa shape index (κ3) is 3.96.